The number of furan rings is 1. The topological polar surface area (TPSA) is 100 Å². The Bertz CT molecular complexity index is 1010. The Morgan fingerprint density at radius 2 is 1.94 bits per heavy atom. The summed E-state index contributed by atoms with van der Waals surface area (Å²) in [7, 11) is 0. The van der Waals surface area contributed by atoms with Gasteiger partial charge in [-0.1, -0.05) is 25.8 Å². The van der Waals surface area contributed by atoms with Crippen LogP contribution in [0.2, 0.25) is 0 Å². The van der Waals surface area contributed by atoms with E-state index < -0.39 is 11.7 Å². The summed E-state index contributed by atoms with van der Waals surface area (Å²) < 4.78 is 20.0. The first-order chi connectivity index (χ1) is 15.8. The van der Waals surface area contributed by atoms with Crippen LogP contribution in [0.25, 0.3) is 0 Å². The molecule has 3 amide bonds. The first-order valence-electron chi connectivity index (χ1n) is 11.5. The van der Waals surface area contributed by atoms with E-state index in [-0.39, 0.29) is 36.5 Å². The van der Waals surface area contributed by atoms with E-state index in [1.54, 1.807) is 6.26 Å². The molecule has 0 aliphatic heterocycles. The van der Waals surface area contributed by atoms with Crippen molar-refractivity contribution in [2.45, 2.75) is 71.4 Å². The van der Waals surface area contributed by atoms with E-state index in [2.05, 4.69) is 22.9 Å². The van der Waals surface area contributed by atoms with Crippen LogP contribution in [0.1, 0.15) is 89.5 Å². The highest BCUT2D eigenvalue weighted by molar-refractivity contribution is 5.97. The van der Waals surface area contributed by atoms with Gasteiger partial charge in [0.05, 0.1) is 11.8 Å². The lowest BCUT2D eigenvalue weighted by Crippen LogP contribution is -2.44. The molecule has 1 unspecified atom stereocenters. The van der Waals surface area contributed by atoms with Crippen molar-refractivity contribution in [3.05, 3.63) is 58.3 Å². The molecule has 33 heavy (non-hydrogen) atoms. The van der Waals surface area contributed by atoms with Gasteiger partial charge in [0.2, 0.25) is 5.91 Å². The molecule has 0 radical (unpaired) electrons. The Labute approximate surface area is 193 Å². The molecule has 0 spiro atoms. The number of carbonyl (C=O) groups excluding carboxylic acids is 3. The molecule has 2 aromatic rings. The normalized spacial score (nSPS) is 13.9. The van der Waals surface area contributed by atoms with Gasteiger partial charge >= 0.3 is 0 Å². The molecule has 1 heterocycles. The maximum Gasteiger partial charge on any atom is 0.255 e. The number of unbranched alkanes of at least 4 members (excludes halogenated alkanes) is 1. The third-order valence-corrected chi connectivity index (χ3v) is 5.77. The summed E-state index contributed by atoms with van der Waals surface area (Å²) in [6.45, 7) is 5.59. The third kappa shape index (κ3) is 6.66. The van der Waals surface area contributed by atoms with E-state index in [0.29, 0.717) is 23.5 Å². The number of carbonyl (C=O) groups is 3. The highest BCUT2D eigenvalue weighted by Gasteiger charge is 2.32. The molecule has 3 N–H and O–H groups in total. The van der Waals surface area contributed by atoms with Gasteiger partial charge in [0.1, 0.15) is 11.6 Å². The fraction of sp³-hybridized carbons (Fsp3) is 0.480. The number of nitrogens with one attached hydrogen (secondary N) is 3. The summed E-state index contributed by atoms with van der Waals surface area (Å²) in [4.78, 5) is 36.6. The second-order valence-electron chi connectivity index (χ2n) is 8.67. The Morgan fingerprint density at radius 3 is 2.58 bits per heavy atom. The average molecular weight is 458 g/mol. The van der Waals surface area contributed by atoms with E-state index in [0.717, 1.165) is 37.0 Å². The van der Waals surface area contributed by atoms with Crippen LogP contribution in [0.4, 0.5) is 4.39 Å². The van der Waals surface area contributed by atoms with Gasteiger partial charge in [0, 0.05) is 48.7 Å². The minimum absolute atomic E-state index is 0.0600. The van der Waals surface area contributed by atoms with Gasteiger partial charge in [-0.25, -0.2) is 4.39 Å². The molecule has 1 aromatic carbocycles. The molecule has 1 fully saturated rings. The maximum atomic E-state index is 14.4. The number of benzene rings is 1. The van der Waals surface area contributed by atoms with E-state index in [1.165, 1.54) is 25.1 Å². The lowest BCUT2D eigenvalue weighted by molar-refractivity contribution is -0.119. The molecule has 1 saturated carbocycles. The summed E-state index contributed by atoms with van der Waals surface area (Å²) in [6.07, 6.45) is 6.18. The molecule has 1 aliphatic carbocycles. The smallest absolute Gasteiger partial charge is 0.255 e. The van der Waals surface area contributed by atoms with Gasteiger partial charge in [-0.15, -0.1) is 0 Å². The monoisotopic (exact) mass is 457 g/mol. The Morgan fingerprint density at radius 1 is 1.18 bits per heavy atom. The summed E-state index contributed by atoms with van der Waals surface area (Å²) >= 11 is 0. The van der Waals surface area contributed by atoms with Crippen LogP contribution < -0.4 is 16.0 Å². The second-order valence-corrected chi connectivity index (χ2v) is 8.67. The van der Waals surface area contributed by atoms with E-state index in [4.69, 9.17) is 4.42 Å². The van der Waals surface area contributed by atoms with Crippen LogP contribution in [0.3, 0.4) is 0 Å². The van der Waals surface area contributed by atoms with Crippen molar-refractivity contribution in [3.63, 3.8) is 0 Å². The lowest BCUT2D eigenvalue weighted by atomic mass is 10.1. The molecular formula is C25H32FN3O4. The molecule has 8 heteroatoms. The summed E-state index contributed by atoms with van der Waals surface area (Å²) in [5.41, 5.74) is 1.89. The predicted molar refractivity (Wildman–Crippen MR) is 122 cm³/mol. The quantitative estimate of drug-likeness (QED) is 0.475. The highest BCUT2D eigenvalue weighted by Crippen LogP contribution is 2.43. The maximum absolute atomic E-state index is 14.4. The fourth-order valence-corrected chi connectivity index (χ4v) is 3.70. The number of hydrogen-bond acceptors (Lipinski definition) is 4. The molecule has 178 valence electrons. The minimum Gasteiger partial charge on any atom is -0.468 e. The molecule has 0 bridgehead atoms. The van der Waals surface area contributed by atoms with Gasteiger partial charge < -0.3 is 20.4 Å². The predicted octanol–water partition coefficient (Wildman–Crippen LogP) is 3.96. The minimum atomic E-state index is -0.558. The standard InChI is InChI=1S/C25H32FN3O4/c1-4-5-6-20(13-28-25(32)22-15(2)14-33-23(22)17-7-8-17)29-24(31)18-9-10-19(21(26)11-18)12-27-16(3)30/h9-11,14,17,20H,4-8,12-13H2,1-3H3,(H,27,30)(H,28,32)(H,29,31). The van der Waals surface area contributed by atoms with Crippen LogP contribution in [-0.2, 0) is 11.3 Å². The zero-order valence-electron chi connectivity index (χ0n) is 19.4. The van der Waals surface area contributed by atoms with Gasteiger partial charge in [0.15, 0.2) is 0 Å². The van der Waals surface area contributed by atoms with Crippen LogP contribution in [0.15, 0.2) is 28.9 Å². The van der Waals surface area contributed by atoms with Crippen molar-refractivity contribution in [1.82, 2.24) is 16.0 Å². The van der Waals surface area contributed by atoms with Crippen molar-refractivity contribution in [2.75, 3.05) is 6.54 Å². The summed E-state index contributed by atoms with van der Waals surface area (Å²) in [5.74, 6) is -0.363. The number of amides is 3. The molecule has 1 atom stereocenters. The fourth-order valence-electron chi connectivity index (χ4n) is 3.70. The van der Waals surface area contributed by atoms with Crippen molar-refractivity contribution in [1.29, 1.82) is 0 Å². The number of aryl methyl sites for hydroxylation is 1. The number of rotatable bonds is 11. The molecule has 7 nitrogen and oxygen atoms in total. The Hall–Kier alpha value is -3.16. The molecule has 1 aromatic heterocycles. The van der Waals surface area contributed by atoms with Crippen LogP contribution in [-0.4, -0.2) is 30.3 Å². The lowest BCUT2D eigenvalue weighted by Gasteiger charge is -2.20. The van der Waals surface area contributed by atoms with E-state index in [9.17, 15) is 18.8 Å². The van der Waals surface area contributed by atoms with Crippen LogP contribution in [0.5, 0.6) is 0 Å². The van der Waals surface area contributed by atoms with Gasteiger partial charge in [0.25, 0.3) is 11.8 Å². The zero-order valence-corrected chi connectivity index (χ0v) is 19.4. The van der Waals surface area contributed by atoms with Crippen LogP contribution in [0, 0.1) is 12.7 Å². The zero-order chi connectivity index (χ0) is 24.0. The molecule has 1 aliphatic rings. The van der Waals surface area contributed by atoms with Crippen molar-refractivity contribution in [2.24, 2.45) is 0 Å². The van der Waals surface area contributed by atoms with Crippen molar-refractivity contribution in [3.8, 4) is 0 Å². The molecule has 3 rings (SSSR count). The average Bonchev–Trinajstić information content (AvgIpc) is 3.55. The van der Waals surface area contributed by atoms with Crippen LogP contribution >= 0.6 is 0 Å². The SMILES string of the molecule is CCCCC(CNC(=O)c1c(C)coc1C1CC1)NC(=O)c1ccc(CNC(C)=O)c(F)c1. The Kier molecular flexibility index (Phi) is 8.25. The van der Waals surface area contributed by atoms with Gasteiger partial charge in [-0.05, 0) is 38.3 Å². The van der Waals surface area contributed by atoms with Gasteiger partial charge in [-0.3, -0.25) is 14.4 Å². The largest absolute Gasteiger partial charge is 0.468 e. The van der Waals surface area contributed by atoms with Gasteiger partial charge in [-0.2, -0.15) is 0 Å². The Balaban J connectivity index is 1.62. The summed E-state index contributed by atoms with van der Waals surface area (Å²) in [6, 6.07) is 3.89. The third-order valence-electron chi connectivity index (χ3n) is 5.77. The first-order valence-corrected chi connectivity index (χ1v) is 11.5. The number of hydrogen-bond donors (Lipinski definition) is 3. The van der Waals surface area contributed by atoms with E-state index >= 15 is 0 Å². The number of halogens is 1. The second kappa shape index (κ2) is 11.1. The molecular weight excluding hydrogens is 425 g/mol. The highest BCUT2D eigenvalue weighted by atomic mass is 19.1. The molecule has 0 saturated heterocycles. The first kappa shape index (κ1) is 24.5. The van der Waals surface area contributed by atoms with E-state index in [1.807, 2.05) is 6.92 Å². The summed E-state index contributed by atoms with van der Waals surface area (Å²) in [5, 5.41) is 8.39. The van der Waals surface area contributed by atoms with Crippen molar-refractivity contribution < 1.29 is 23.2 Å². The van der Waals surface area contributed by atoms with Crippen molar-refractivity contribution >= 4 is 17.7 Å².